The van der Waals surface area contributed by atoms with Gasteiger partial charge >= 0.3 is 0 Å². The second kappa shape index (κ2) is 8.83. The number of hydrogen-bond donors (Lipinski definition) is 2. The van der Waals surface area contributed by atoms with Gasteiger partial charge in [0.2, 0.25) is 5.95 Å². The molecule has 1 fully saturated rings. The average Bonchev–Trinajstić information content (AvgIpc) is 2.77. The maximum absolute atomic E-state index is 12.7. The highest BCUT2D eigenvalue weighted by atomic mass is 16.1. The molecule has 1 saturated heterocycles. The molecule has 1 aliphatic rings. The number of nitrogens with zero attached hydrogens (tertiary/aromatic N) is 4. The fraction of sp³-hybridized carbons (Fsp3) is 0.435. The molecule has 2 aromatic heterocycles. The van der Waals surface area contributed by atoms with Crippen LogP contribution in [0.1, 0.15) is 38.3 Å². The first-order valence-corrected chi connectivity index (χ1v) is 10.8. The summed E-state index contributed by atoms with van der Waals surface area (Å²) in [7, 11) is 0. The third kappa shape index (κ3) is 4.03. The number of aromatic nitrogens is 3. The van der Waals surface area contributed by atoms with E-state index in [9.17, 15) is 4.79 Å². The van der Waals surface area contributed by atoms with Crippen LogP contribution in [0.15, 0.2) is 41.3 Å². The van der Waals surface area contributed by atoms with E-state index in [-0.39, 0.29) is 11.6 Å². The Morgan fingerprint density at radius 1 is 1.13 bits per heavy atom. The van der Waals surface area contributed by atoms with Gasteiger partial charge in [0.1, 0.15) is 5.65 Å². The van der Waals surface area contributed by atoms with E-state index in [0.717, 1.165) is 55.7 Å². The molecular weight excluding hydrogens is 376 g/mol. The molecule has 0 unspecified atom stereocenters. The number of anilines is 3. The molecule has 0 saturated carbocycles. The normalized spacial score (nSPS) is 14.5. The molecule has 0 aliphatic carbocycles. The van der Waals surface area contributed by atoms with Gasteiger partial charge < -0.3 is 15.5 Å². The number of aryl methyl sites for hydroxylation is 1. The summed E-state index contributed by atoms with van der Waals surface area (Å²) in [5.74, 6) is 0.502. The second-order valence-electron chi connectivity index (χ2n) is 7.85. The minimum atomic E-state index is -0.00118. The van der Waals surface area contributed by atoms with Crippen molar-refractivity contribution in [2.75, 3.05) is 36.4 Å². The maximum Gasteiger partial charge on any atom is 0.252 e. The Balaban J connectivity index is 1.64. The summed E-state index contributed by atoms with van der Waals surface area (Å²) in [6, 6.07) is 10.2. The van der Waals surface area contributed by atoms with Crippen LogP contribution >= 0.6 is 0 Å². The van der Waals surface area contributed by atoms with Crippen LogP contribution in [-0.2, 0) is 0 Å². The van der Waals surface area contributed by atoms with Gasteiger partial charge in [0.15, 0.2) is 0 Å². The van der Waals surface area contributed by atoms with E-state index < -0.39 is 0 Å². The van der Waals surface area contributed by atoms with Crippen LogP contribution in [-0.4, -0.2) is 40.7 Å². The van der Waals surface area contributed by atoms with Crippen molar-refractivity contribution >= 4 is 28.4 Å². The Morgan fingerprint density at radius 2 is 1.83 bits per heavy atom. The van der Waals surface area contributed by atoms with Gasteiger partial charge in [-0.1, -0.05) is 13.8 Å². The van der Waals surface area contributed by atoms with Crippen LogP contribution in [0, 0.1) is 6.92 Å². The van der Waals surface area contributed by atoms with E-state index in [1.165, 1.54) is 5.69 Å². The standard InChI is InChI=1S/C23H30N6O/c1-4-18(5-2)29-21(30)14-16(3)20-15-25-23(27-22(20)29)26-17-6-8-19(9-7-17)28-12-10-24-11-13-28/h6-9,14-15,18,24H,4-5,10-13H2,1-3H3,(H,25,26,27). The first kappa shape index (κ1) is 20.3. The Kier molecular flexibility index (Phi) is 5.99. The van der Waals surface area contributed by atoms with Gasteiger partial charge in [-0.05, 0) is 49.6 Å². The molecule has 0 radical (unpaired) electrons. The highest BCUT2D eigenvalue weighted by molar-refractivity contribution is 5.79. The van der Waals surface area contributed by atoms with E-state index >= 15 is 0 Å². The third-order valence-electron chi connectivity index (χ3n) is 5.91. The average molecular weight is 407 g/mol. The molecule has 3 aromatic rings. The lowest BCUT2D eigenvalue weighted by atomic mass is 10.1. The Bertz CT molecular complexity index is 1070. The second-order valence-corrected chi connectivity index (χ2v) is 7.85. The monoisotopic (exact) mass is 406 g/mol. The summed E-state index contributed by atoms with van der Waals surface area (Å²) in [6.07, 6.45) is 3.58. The first-order chi connectivity index (χ1) is 14.6. The van der Waals surface area contributed by atoms with E-state index in [2.05, 4.69) is 58.6 Å². The van der Waals surface area contributed by atoms with Gasteiger partial charge in [-0.25, -0.2) is 4.98 Å². The minimum absolute atomic E-state index is 0.00118. The highest BCUT2D eigenvalue weighted by Gasteiger charge is 2.16. The van der Waals surface area contributed by atoms with E-state index in [1.807, 2.05) is 17.7 Å². The van der Waals surface area contributed by atoms with Crippen LogP contribution in [0.2, 0.25) is 0 Å². The van der Waals surface area contributed by atoms with E-state index in [1.54, 1.807) is 6.07 Å². The van der Waals surface area contributed by atoms with Crippen LogP contribution in [0.5, 0.6) is 0 Å². The molecule has 0 amide bonds. The fourth-order valence-corrected chi connectivity index (χ4v) is 4.15. The quantitative estimate of drug-likeness (QED) is 0.651. The largest absolute Gasteiger partial charge is 0.369 e. The van der Waals surface area contributed by atoms with Crippen molar-refractivity contribution in [3.05, 3.63) is 52.4 Å². The molecule has 30 heavy (non-hydrogen) atoms. The molecule has 2 N–H and O–H groups in total. The number of hydrogen-bond acceptors (Lipinski definition) is 6. The SMILES string of the molecule is CCC(CC)n1c(=O)cc(C)c2cnc(Nc3ccc(N4CCNCC4)cc3)nc21. The van der Waals surface area contributed by atoms with Crippen molar-refractivity contribution < 1.29 is 0 Å². The number of rotatable bonds is 6. The summed E-state index contributed by atoms with van der Waals surface area (Å²) in [5.41, 5.74) is 3.75. The van der Waals surface area contributed by atoms with Crippen molar-refractivity contribution in [1.82, 2.24) is 19.9 Å². The van der Waals surface area contributed by atoms with Crippen LogP contribution in [0.3, 0.4) is 0 Å². The predicted octanol–water partition coefficient (Wildman–Crippen LogP) is 3.61. The molecule has 7 nitrogen and oxygen atoms in total. The minimum Gasteiger partial charge on any atom is -0.369 e. The molecule has 158 valence electrons. The summed E-state index contributed by atoms with van der Waals surface area (Å²) in [6.45, 7) is 10.2. The van der Waals surface area contributed by atoms with Gasteiger partial charge in [0.05, 0.1) is 0 Å². The van der Waals surface area contributed by atoms with Crippen LogP contribution in [0.4, 0.5) is 17.3 Å². The van der Waals surface area contributed by atoms with Crippen molar-refractivity contribution in [2.45, 2.75) is 39.7 Å². The predicted molar refractivity (Wildman–Crippen MR) is 123 cm³/mol. The maximum atomic E-state index is 12.7. The van der Waals surface area contributed by atoms with Crippen molar-refractivity contribution in [3.8, 4) is 0 Å². The molecule has 1 aliphatic heterocycles. The Hall–Kier alpha value is -2.93. The molecule has 0 atom stereocenters. The molecule has 4 rings (SSSR count). The zero-order chi connectivity index (χ0) is 21.1. The lowest BCUT2D eigenvalue weighted by Gasteiger charge is -2.29. The van der Waals surface area contributed by atoms with Gasteiger partial charge in [-0.2, -0.15) is 4.98 Å². The first-order valence-electron chi connectivity index (χ1n) is 10.8. The highest BCUT2D eigenvalue weighted by Crippen LogP contribution is 2.24. The zero-order valence-corrected chi connectivity index (χ0v) is 18.0. The Labute approximate surface area is 177 Å². The fourth-order valence-electron chi connectivity index (χ4n) is 4.15. The molecule has 0 bridgehead atoms. The number of fused-ring (bicyclic) bond motifs is 1. The number of pyridine rings is 1. The molecule has 1 aromatic carbocycles. The summed E-state index contributed by atoms with van der Waals surface area (Å²) >= 11 is 0. The van der Waals surface area contributed by atoms with Gasteiger partial charge in [0, 0.05) is 61.2 Å². The number of benzene rings is 1. The van der Waals surface area contributed by atoms with Gasteiger partial charge in [-0.3, -0.25) is 9.36 Å². The zero-order valence-electron chi connectivity index (χ0n) is 18.0. The topological polar surface area (TPSA) is 75.1 Å². The smallest absolute Gasteiger partial charge is 0.252 e. The lowest BCUT2D eigenvalue weighted by molar-refractivity contribution is 0.469. The van der Waals surface area contributed by atoms with Crippen molar-refractivity contribution in [3.63, 3.8) is 0 Å². The molecular formula is C23H30N6O. The summed E-state index contributed by atoms with van der Waals surface area (Å²) in [4.78, 5) is 24.4. The van der Waals surface area contributed by atoms with Gasteiger partial charge in [0.25, 0.3) is 5.56 Å². The number of piperazine rings is 1. The van der Waals surface area contributed by atoms with Crippen molar-refractivity contribution in [2.24, 2.45) is 0 Å². The van der Waals surface area contributed by atoms with Gasteiger partial charge in [-0.15, -0.1) is 0 Å². The molecule has 0 spiro atoms. The molecule has 7 heteroatoms. The van der Waals surface area contributed by atoms with Crippen LogP contribution in [0.25, 0.3) is 11.0 Å². The summed E-state index contributed by atoms with van der Waals surface area (Å²) in [5, 5.41) is 7.59. The van der Waals surface area contributed by atoms with E-state index in [0.29, 0.717) is 11.6 Å². The van der Waals surface area contributed by atoms with Crippen LogP contribution < -0.4 is 21.1 Å². The van der Waals surface area contributed by atoms with Crippen molar-refractivity contribution in [1.29, 1.82) is 0 Å². The number of nitrogens with one attached hydrogen (secondary N) is 2. The third-order valence-corrected chi connectivity index (χ3v) is 5.91. The van der Waals surface area contributed by atoms with E-state index in [4.69, 9.17) is 4.98 Å². The Morgan fingerprint density at radius 3 is 2.50 bits per heavy atom. The lowest BCUT2D eigenvalue weighted by Crippen LogP contribution is -2.43. The molecule has 3 heterocycles. The summed E-state index contributed by atoms with van der Waals surface area (Å²) < 4.78 is 1.82.